The summed E-state index contributed by atoms with van der Waals surface area (Å²) in [5, 5.41) is 11.5. The highest BCUT2D eigenvalue weighted by molar-refractivity contribution is 5.92. The lowest BCUT2D eigenvalue weighted by molar-refractivity contribution is -0.115. The molecule has 1 saturated carbocycles. The van der Waals surface area contributed by atoms with E-state index in [1.54, 1.807) is 33.5 Å². The van der Waals surface area contributed by atoms with Gasteiger partial charge in [-0.25, -0.2) is 0 Å². The number of rotatable bonds is 5. The molecule has 0 radical (unpaired) electrons. The number of nitrogens with zero attached hydrogens (tertiary/aromatic N) is 1. The minimum absolute atomic E-state index is 0.0817. The molecule has 30 heavy (non-hydrogen) atoms. The highest BCUT2D eigenvalue weighted by Crippen LogP contribution is 2.51. The van der Waals surface area contributed by atoms with Gasteiger partial charge in [-0.15, -0.1) is 0 Å². The maximum Gasteiger partial charge on any atom is 0.290 e. The van der Waals surface area contributed by atoms with Crippen molar-refractivity contribution >= 4 is 5.91 Å². The van der Waals surface area contributed by atoms with E-state index < -0.39 is 5.60 Å². The van der Waals surface area contributed by atoms with Crippen LogP contribution < -0.4 is 14.2 Å². The second-order valence-electron chi connectivity index (χ2n) is 8.09. The van der Waals surface area contributed by atoms with Gasteiger partial charge >= 0.3 is 0 Å². The quantitative estimate of drug-likeness (QED) is 0.800. The average Bonchev–Trinajstić information content (AvgIpc) is 3.31. The predicted molar refractivity (Wildman–Crippen MR) is 110 cm³/mol. The summed E-state index contributed by atoms with van der Waals surface area (Å²) >= 11 is 0. The fourth-order valence-electron chi connectivity index (χ4n) is 5.14. The van der Waals surface area contributed by atoms with Crippen molar-refractivity contribution in [3.8, 4) is 17.2 Å². The van der Waals surface area contributed by atoms with E-state index in [-0.39, 0.29) is 17.9 Å². The molecule has 1 N–H and O–H groups in total. The fourth-order valence-corrected chi connectivity index (χ4v) is 5.14. The van der Waals surface area contributed by atoms with Gasteiger partial charge in [-0.3, -0.25) is 4.79 Å². The highest BCUT2D eigenvalue weighted by atomic mass is 16.5. The first kappa shape index (κ1) is 20.6. The van der Waals surface area contributed by atoms with Crippen LogP contribution in [0.2, 0.25) is 0 Å². The van der Waals surface area contributed by atoms with Crippen molar-refractivity contribution in [1.82, 2.24) is 4.90 Å². The van der Waals surface area contributed by atoms with Gasteiger partial charge in [0.15, 0.2) is 17.3 Å². The van der Waals surface area contributed by atoms with Crippen molar-refractivity contribution in [1.29, 1.82) is 0 Å². The standard InChI is InChI=1S/C23H29NO6/c1-27-18-13-15(14-19(28-2)21(18)29-3)20-16-7-4-5-9-23(16,26)10-11-24(20)22(25)17-8-6-12-30-17/h6,8,12-14,16,20,26H,4-5,7,9-11H2,1-3H3. The lowest BCUT2D eigenvalue weighted by Gasteiger charge is -2.52. The molecule has 4 rings (SSSR count). The zero-order valence-corrected chi connectivity index (χ0v) is 17.7. The summed E-state index contributed by atoms with van der Waals surface area (Å²) in [6, 6.07) is 6.83. The van der Waals surface area contributed by atoms with Crippen molar-refractivity contribution in [2.45, 2.75) is 43.7 Å². The molecule has 7 heteroatoms. The van der Waals surface area contributed by atoms with Gasteiger partial charge in [-0.1, -0.05) is 12.8 Å². The largest absolute Gasteiger partial charge is 0.493 e. The molecule has 0 spiro atoms. The Morgan fingerprint density at radius 3 is 2.47 bits per heavy atom. The first-order valence-corrected chi connectivity index (χ1v) is 10.4. The minimum atomic E-state index is -0.788. The van der Waals surface area contributed by atoms with Crippen LogP contribution in [0.1, 0.15) is 54.3 Å². The summed E-state index contributed by atoms with van der Waals surface area (Å²) in [5.74, 6) is 1.61. The Hall–Kier alpha value is -2.67. The van der Waals surface area contributed by atoms with E-state index in [2.05, 4.69) is 0 Å². The maximum atomic E-state index is 13.3. The maximum absolute atomic E-state index is 13.3. The lowest BCUT2D eigenvalue weighted by Crippen LogP contribution is -2.56. The van der Waals surface area contributed by atoms with Gasteiger partial charge in [0, 0.05) is 12.5 Å². The number of aliphatic hydroxyl groups is 1. The summed E-state index contributed by atoms with van der Waals surface area (Å²) in [6.07, 6.45) is 5.69. The molecule has 1 aliphatic carbocycles. The minimum Gasteiger partial charge on any atom is -0.493 e. The van der Waals surface area contributed by atoms with Gasteiger partial charge < -0.3 is 28.6 Å². The van der Waals surface area contributed by atoms with E-state index in [1.807, 2.05) is 17.0 Å². The Kier molecular flexibility index (Phi) is 5.64. The third-order valence-corrected chi connectivity index (χ3v) is 6.59. The van der Waals surface area contributed by atoms with E-state index in [4.69, 9.17) is 18.6 Å². The zero-order chi connectivity index (χ0) is 21.3. The van der Waals surface area contributed by atoms with Crippen LogP contribution in [0.3, 0.4) is 0 Å². The summed E-state index contributed by atoms with van der Waals surface area (Å²) in [5.41, 5.74) is 0.0675. The summed E-state index contributed by atoms with van der Waals surface area (Å²) in [6.45, 7) is 0.452. The monoisotopic (exact) mass is 415 g/mol. The normalized spacial score (nSPS) is 26.1. The molecule has 1 amide bonds. The Balaban J connectivity index is 1.83. The van der Waals surface area contributed by atoms with E-state index in [9.17, 15) is 9.90 Å². The van der Waals surface area contributed by atoms with Crippen LogP contribution in [0.15, 0.2) is 34.9 Å². The van der Waals surface area contributed by atoms with Gasteiger partial charge in [-0.05, 0) is 49.1 Å². The number of hydrogen-bond donors (Lipinski definition) is 1. The summed E-state index contributed by atoms with van der Waals surface area (Å²) in [7, 11) is 4.71. The highest BCUT2D eigenvalue weighted by Gasteiger charge is 2.50. The second kappa shape index (κ2) is 8.22. The lowest BCUT2D eigenvalue weighted by atomic mass is 9.66. The van der Waals surface area contributed by atoms with Gasteiger partial charge in [-0.2, -0.15) is 0 Å². The average molecular weight is 415 g/mol. The molecule has 2 fully saturated rings. The summed E-state index contributed by atoms with van der Waals surface area (Å²) in [4.78, 5) is 15.1. The van der Waals surface area contributed by atoms with Gasteiger partial charge in [0.25, 0.3) is 5.91 Å². The zero-order valence-electron chi connectivity index (χ0n) is 17.7. The van der Waals surface area contributed by atoms with E-state index in [1.165, 1.54) is 6.26 Å². The van der Waals surface area contributed by atoms with Gasteiger partial charge in [0.2, 0.25) is 5.75 Å². The molecule has 3 atom stereocenters. The Morgan fingerprint density at radius 2 is 1.87 bits per heavy atom. The number of furan rings is 1. The molecular formula is C23H29NO6. The number of carbonyl (C=O) groups excluding carboxylic acids is 1. The molecular weight excluding hydrogens is 386 g/mol. The molecule has 3 unspecified atom stereocenters. The predicted octanol–water partition coefficient (Wildman–Crippen LogP) is 3.81. The second-order valence-corrected chi connectivity index (χ2v) is 8.09. The number of benzene rings is 1. The molecule has 162 valence electrons. The van der Waals surface area contributed by atoms with Crippen molar-refractivity contribution in [3.63, 3.8) is 0 Å². The number of fused-ring (bicyclic) bond motifs is 1. The molecule has 0 bridgehead atoms. The SMILES string of the molecule is COc1cc(C2C3CCCCC3(O)CCN2C(=O)c2ccco2)cc(OC)c1OC. The van der Waals surface area contributed by atoms with Crippen LogP contribution in [0.4, 0.5) is 0 Å². The van der Waals surface area contributed by atoms with Crippen molar-refractivity contribution in [2.75, 3.05) is 27.9 Å². The van der Waals surface area contributed by atoms with E-state index >= 15 is 0 Å². The molecule has 1 aromatic heterocycles. The number of likely N-dealkylation sites (tertiary alicyclic amines) is 1. The molecule has 2 heterocycles. The van der Waals surface area contributed by atoms with Crippen molar-refractivity contribution in [3.05, 3.63) is 41.9 Å². The number of methoxy groups -OCH3 is 3. The van der Waals surface area contributed by atoms with E-state index in [0.29, 0.717) is 36.0 Å². The van der Waals surface area contributed by atoms with Crippen molar-refractivity contribution < 1.29 is 28.5 Å². The van der Waals surface area contributed by atoms with Crippen LogP contribution >= 0.6 is 0 Å². The third kappa shape index (κ3) is 3.41. The van der Waals surface area contributed by atoms with Gasteiger partial charge in [0.1, 0.15) is 0 Å². The summed E-state index contributed by atoms with van der Waals surface area (Å²) < 4.78 is 22.0. The smallest absolute Gasteiger partial charge is 0.290 e. The molecule has 1 saturated heterocycles. The van der Waals surface area contributed by atoms with Crippen LogP contribution in [0.25, 0.3) is 0 Å². The molecule has 2 aliphatic rings. The number of piperidine rings is 1. The van der Waals surface area contributed by atoms with Crippen LogP contribution in [-0.2, 0) is 0 Å². The van der Waals surface area contributed by atoms with Crippen molar-refractivity contribution in [2.24, 2.45) is 5.92 Å². The molecule has 7 nitrogen and oxygen atoms in total. The number of amides is 1. The Bertz CT molecular complexity index is 870. The molecule has 1 aromatic carbocycles. The van der Waals surface area contributed by atoms with Gasteiger partial charge in [0.05, 0.1) is 39.2 Å². The Morgan fingerprint density at radius 1 is 1.13 bits per heavy atom. The number of hydrogen-bond acceptors (Lipinski definition) is 6. The van der Waals surface area contributed by atoms with Crippen LogP contribution in [0.5, 0.6) is 17.2 Å². The molecule has 1 aliphatic heterocycles. The number of ether oxygens (including phenoxy) is 3. The topological polar surface area (TPSA) is 81.4 Å². The number of carbonyl (C=O) groups is 1. The molecule has 2 aromatic rings. The third-order valence-electron chi connectivity index (χ3n) is 6.59. The first-order valence-electron chi connectivity index (χ1n) is 10.4. The van der Waals surface area contributed by atoms with E-state index in [0.717, 1.165) is 31.2 Å². The van der Waals surface area contributed by atoms with Crippen LogP contribution in [0, 0.1) is 5.92 Å². The van der Waals surface area contributed by atoms with Crippen LogP contribution in [-0.4, -0.2) is 49.4 Å². The fraction of sp³-hybridized carbons (Fsp3) is 0.522. The first-order chi connectivity index (χ1) is 14.5. The Labute approximate surface area is 176 Å².